The second-order valence-corrected chi connectivity index (χ2v) is 5.90. The van der Waals surface area contributed by atoms with Crippen molar-refractivity contribution in [3.63, 3.8) is 0 Å². The van der Waals surface area contributed by atoms with E-state index in [1.165, 1.54) is 25.5 Å². The number of methoxy groups -OCH3 is 1. The van der Waals surface area contributed by atoms with Crippen LogP contribution in [0.4, 0.5) is 0 Å². The number of rotatable bonds is 4. The third kappa shape index (κ3) is 2.99. The smallest absolute Gasteiger partial charge is 0.309 e. The van der Waals surface area contributed by atoms with Crippen molar-refractivity contribution in [1.29, 1.82) is 0 Å². The van der Waals surface area contributed by atoms with Crippen molar-refractivity contribution in [2.45, 2.75) is 39.0 Å². The summed E-state index contributed by atoms with van der Waals surface area (Å²) in [5.74, 6) is 1.25. The molecule has 1 aromatic rings. The molecule has 0 bridgehead atoms. The summed E-state index contributed by atoms with van der Waals surface area (Å²) in [7, 11) is 1.50. The van der Waals surface area contributed by atoms with Gasteiger partial charge in [0.2, 0.25) is 0 Å². The fourth-order valence-electron chi connectivity index (χ4n) is 3.61. The molecule has 0 aromatic heterocycles. The van der Waals surface area contributed by atoms with Crippen LogP contribution >= 0.6 is 0 Å². The van der Waals surface area contributed by atoms with E-state index >= 15 is 0 Å². The fraction of sp³-hybridized carbons (Fsp3) is 0.588. The van der Waals surface area contributed by atoms with E-state index in [4.69, 9.17) is 4.74 Å². The first-order valence-electron chi connectivity index (χ1n) is 7.28. The van der Waals surface area contributed by atoms with Crippen molar-refractivity contribution in [3.05, 3.63) is 35.9 Å². The maximum Gasteiger partial charge on any atom is 0.309 e. The topological polar surface area (TPSA) is 26.3 Å². The van der Waals surface area contributed by atoms with Gasteiger partial charge in [-0.3, -0.25) is 4.79 Å². The predicted octanol–water partition coefficient (Wildman–Crippen LogP) is 4.02. The molecule has 104 valence electrons. The maximum absolute atomic E-state index is 12.1. The van der Waals surface area contributed by atoms with Crippen molar-refractivity contribution < 1.29 is 9.53 Å². The summed E-state index contributed by atoms with van der Waals surface area (Å²) in [6, 6.07) is 10.6. The molecule has 3 atom stereocenters. The Morgan fingerprint density at radius 2 is 1.89 bits per heavy atom. The van der Waals surface area contributed by atoms with Crippen LogP contribution in [0, 0.1) is 17.8 Å². The Balaban J connectivity index is 2.24. The van der Waals surface area contributed by atoms with Gasteiger partial charge in [0.25, 0.3) is 0 Å². The number of hydrogen-bond acceptors (Lipinski definition) is 2. The second kappa shape index (κ2) is 6.23. The SMILES string of the molecule is COC(=O)C(C(C)C)C1CCCC1c1ccccc1. The van der Waals surface area contributed by atoms with Gasteiger partial charge in [0, 0.05) is 0 Å². The highest BCUT2D eigenvalue weighted by molar-refractivity contribution is 5.73. The van der Waals surface area contributed by atoms with E-state index < -0.39 is 0 Å². The van der Waals surface area contributed by atoms with Crippen LogP contribution in [0.3, 0.4) is 0 Å². The van der Waals surface area contributed by atoms with Gasteiger partial charge in [-0.25, -0.2) is 0 Å². The lowest BCUT2D eigenvalue weighted by Gasteiger charge is -2.29. The minimum Gasteiger partial charge on any atom is -0.469 e. The lowest BCUT2D eigenvalue weighted by Crippen LogP contribution is -2.31. The average molecular weight is 260 g/mol. The van der Waals surface area contributed by atoms with Gasteiger partial charge >= 0.3 is 5.97 Å². The highest BCUT2D eigenvalue weighted by Gasteiger charge is 2.40. The Kier molecular flexibility index (Phi) is 4.62. The van der Waals surface area contributed by atoms with E-state index in [0.29, 0.717) is 17.8 Å². The van der Waals surface area contributed by atoms with Gasteiger partial charge in [0.05, 0.1) is 13.0 Å². The summed E-state index contributed by atoms with van der Waals surface area (Å²) in [6.45, 7) is 4.25. The molecule has 2 nitrogen and oxygen atoms in total. The van der Waals surface area contributed by atoms with Crippen LogP contribution < -0.4 is 0 Å². The zero-order valence-electron chi connectivity index (χ0n) is 12.1. The van der Waals surface area contributed by atoms with Crippen LogP contribution in [0.1, 0.15) is 44.6 Å². The molecular weight excluding hydrogens is 236 g/mol. The molecule has 1 aliphatic rings. The number of carbonyl (C=O) groups is 1. The summed E-state index contributed by atoms with van der Waals surface area (Å²) in [6.07, 6.45) is 3.54. The van der Waals surface area contributed by atoms with Crippen molar-refractivity contribution in [1.82, 2.24) is 0 Å². The van der Waals surface area contributed by atoms with Gasteiger partial charge in [-0.05, 0) is 36.2 Å². The molecule has 2 rings (SSSR count). The molecule has 0 heterocycles. The minimum atomic E-state index is -0.0390. The molecule has 2 heteroatoms. The van der Waals surface area contributed by atoms with Crippen LogP contribution in [-0.4, -0.2) is 13.1 Å². The molecule has 19 heavy (non-hydrogen) atoms. The van der Waals surface area contributed by atoms with Crippen molar-refractivity contribution in [2.24, 2.45) is 17.8 Å². The first kappa shape index (κ1) is 14.1. The zero-order chi connectivity index (χ0) is 13.8. The maximum atomic E-state index is 12.1. The van der Waals surface area contributed by atoms with Gasteiger partial charge in [-0.1, -0.05) is 50.6 Å². The van der Waals surface area contributed by atoms with E-state index in [9.17, 15) is 4.79 Å². The summed E-state index contributed by atoms with van der Waals surface area (Å²) >= 11 is 0. The predicted molar refractivity (Wildman–Crippen MR) is 76.9 cm³/mol. The first-order chi connectivity index (χ1) is 9.15. The highest BCUT2D eigenvalue weighted by Crippen LogP contribution is 2.45. The molecule has 0 aliphatic heterocycles. The number of benzene rings is 1. The van der Waals surface area contributed by atoms with Crippen molar-refractivity contribution in [2.75, 3.05) is 7.11 Å². The molecule has 0 radical (unpaired) electrons. The molecule has 1 aliphatic carbocycles. The van der Waals surface area contributed by atoms with Gasteiger partial charge < -0.3 is 4.74 Å². The Labute approximate surface area is 116 Å². The van der Waals surface area contributed by atoms with Crippen LogP contribution in [0.2, 0.25) is 0 Å². The van der Waals surface area contributed by atoms with Crippen LogP contribution in [0.15, 0.2) is 30.3 Å². The highest BCUT2D eigenvalue weighted by atomic mass is 16.5. The summed E-state index contributed by atoms with van der Waals surface area (Å²) in [5, 5.41) is 0. The number of carbonyl (C=O) groups excluding carboxylic acids is 1. The lowest BCUT2D eigenvalue weighted by atomic mass is 9.75. The van der Waals surface area contributed by atoms with Crippen molar-refractivity contribution in [3.8, 4) is 0 Å². The largest absolute Gasteiger partial charge is 0.469 e. The molecule has 1 aromatic carbocycles. The van der Waals surface area contributed by atoms with Crippen molar-refractivity contribution >= 4 is 5.97 Å². The van der Waals surface area contributed by atoms with Gasteiger partial charge in [0.1, 0.15) is 0 Å². The van der Waals surface area contributed by atoms with Gasteiger partial charge in [-0.15, -0.1) is 0 Å². The van der Waals surface area contributed by atoms with Crippen LogP contribution in [0.25, 0.3) is 0 Å². The Morgan fingerprint density at radius 1 is 1.21 bits per heavy atom. The van der Waals surface area contributed by atoms with E-state index in [1.807, 2.05) is 6.07 Å². The van der Waals surface area contributed by atoms with E-state index in [-0.39, 0.29) is 11.9 Å². The molecule has 3 unspecified atom stereocenters. The van der Waals surface area contributed by atoms with E-state index in [2.05, 4.69) is 38.1 Å². The quantitative estimate of drug-likeness (QED) is 0.764. The standard InChI is InChI=1S/C17H24O2/c1-12(2)16(17(18)19-3)15-11-7-10-14(15)13-8-5-4-6-9-13/h4-6,8-9,12,14-16H,7,10-11H2,1-3H3. The average Bonchev–Trinajstić information content (AvgIpc) is 2.88. The molecule has 1 fully saturated rings. The number of esters is 1. The summed E-state index contributed by atoms with van der Waals surface area (Å²) in [5.41, 5.74) is 1.37. The monoisotopic (exact) mass is 260 g/mol. The third-order valence-electron chi connectivity index (χ3n) is 4.45. The zero-order valence-corrected chi connectivity index (χ0v) is 12.1. The third-order valence-corrected chi connectivity index (χ3v) is 4.45. The number of hydrogen-bond donors (Lipinski definition) is 0. The normalized spacial score (nSPS) is 24.4. The minimum absolute atomic E-state index is 0.0257. The molecular formula is C17H24O2. The van der Waals surface area contributed by atoms with E-state index in [1.54, 1.807) is 0 Å². The summed E-state index contributed by atoms with van der Waals surface area (Å²) < 4.78 is 5.03. The molecule has 1 saturated carbocycles. The van der Waals surface area contributed by atoms with E-state index in [0.717, 1.165) is 6.42 Å². The molecule has 0 saturated heterocycles. The fourth-order valence-corrected chi connectivity index (χ4v) is 3.61. The Bertz CT molecular complexity index is 411. The molecule has 0 amide bonds. The van der Waals surface area contributed by atoms with Gasteiger partial charge in [-0.2, -0.15) is 0 Å². The number of ether oxygens (including phenoxy) is 1. The molecule has 0 spiro atoms. The van der Waals surface area contributed by atoms with Crippen LogP contribution in [-0.2, 0) is 9.53 Å². The second-order valence-electron chi connectivity index (χ2n) is 5.90. The molecule has 0 N–H and O–H groups in total. The Hall–Kier alpha value is -1.31. The first-order valence-corrected chi connectivity index (χ1v) is 7.28. The lowest BCUT2D eigenvalue weighted by molar-refractivity contribution is -0.149. The van der Waals surface area contributed by atoms with Gasteiger partial charge in [0.15, 0.2) is 0 Å². The Morgan fingerprint density at radius 3 is 2.47 bits per heavy atom. The summed E-state index contributed by atoms with van der Waals surface area (Å²) in [4.78, 5) is 12.1. The van der Waals surface area contributed by atoms with Crippen LogP contribution in [0.5, 0.6) is 0 Å².